The standard InChI is InChI=1S/C17H21N3O4/c1-3-23-16-11-15(24-19-16)17(21)18-14-5-4-13(10-12(14)2)20-6-8-22-9-7-20/h4-5,10-11H,3,6-9H2,1-2H3,(H,18,21). The van der Waals surface area contributed by atoms with Gasteiger partial charge in [-0.25, -0.2) is 0 Å². The molecule has 7 nitrogen and oxygen atoms in total. The Morgan fingerprint density at radius 1 is 1.33 bits per heavy atom. The summed E-state index contributed by atoms with van der Waals surface area (Å²) >= 11 is 0. The van der Waals surface area contributed by atoms with Crippen molar-refractivity contribution in [3.05, 3.63) is 35.6 Å². The molecule has 1 amide bonds. The predicted molar refractivity (Wildman–Crippen MR) is 89.8 cm³/mol. The summed E-state index contributed by atoms with van der Waals surface area (Å²) in [7, 11) is 0. The third kappa shape index (κ3) is 3.68. The monoisotopic (exact) mass is 331 g/mol. The number of hydrogen-bond acceptors (Lipinski definition) is 6. The quantitative estimate of drug-likeness (QED) is 0.907. The van der Waals surface area contributed by atoms with Crippen LogP contribution in [0.5, 0.6) is 5.88 Å². The van der Waals surface area contributed by atoms with Gasteiger partial charge in [-0.2, -0.15) is 0 Å². The maximum atomic E-state index is 12.2. The van der Waals surface area contributed by atoms with Crippen LogP contribution >= 0.6 is 0 Å². The minimum absolute atomic E-state index is 0.120. The highest BCUT2D eigenvalue weighted by Gasteiger charge is 2.16. The molecule has 1 fully saturated rings. The number of rotatable bonds is 5. The van der Waals surface area contributed by atoms with E-state index in [1.165, 1.54) is 6.07 Å². The van der Waals surface area contributed by atoms with Gasteiger partial charge in [-0.05, 0) is 42.8 Å². The lowest BCUT2D eigenvalue weighted by Gasteiger charge is -2.29. The number of carbonyl (C=O) groups is 1. The number of benzene rings is 1. The molecule has 0 spiro atoms. The van der Waals surface area contributed by atoms with Gasteiger partial charge in [0.25, 0.3) is 11.8 Å². The zero-order valence-corrected chi connectivity index (χ0v) is 13.9. The Morgan fingerprint density at radius 3 is 2.83 bits per heavy atom. The van der Waals surface area contributed by atoms with E-state index in [0.29, 0.717) is 12.5 Å². The van der Waals surface area contributed by atoms with Gasteiger partial charge in [0.2, 0.25) is 5.76 Å². The molecule has 3 rings (SSSR count). The van der Waals surface area contributed by atoms with Crippen LogP contribution in [0.3, 0.4) is 0 Å². The molecule has 0 saturated carbocycles. The summed E-state index contributed by atoms with van der Waals surface area (Å²) in [6, 6.07) is 7.45. The van der Waals surface area contributed by atoms with E-state index >= 15 is 0 Å². The van der Waals surface area contributed by atoms with Crippen molar-refractivity contribution >= 4 is 17.3 Å². The van der Waals surface area contributed by atoms with Gasteiger partial charge >= 0.3 is 0 Å². The third-order valence-electron chi connectivity index (χ3n) is 3.84. The highest BCUT2D eigenvalue weighted by molar-refractivity contribution is 6.02. The molecule has 0 atom stereocenters. The molecule has 0 unspecified atom stereocenters. The van der Waals surface area contributed by atoms with Crippen LogP contribution in [0, 0.1) is 6.92 Å². The molecule has 0 bridgehead atoms. The maximum absolute atomic E-state index is 12.2. The van der Waals surface area contributed by atoms with E-state index in [1.807, 2.05) is 26.0 Å². The molecule has 128 valence electrons. The molecule has 1 aromatic heterocycles. The molecule has 1 aliphatic rings. The number of nitrogens with zero attached hydrogens (tertiary/aromatic N) is 2. The van der Waals surface area contributed by atoms with Crippen LogP contribution in [-0.4, -0.2) is 44.0 Å². The Labute approximate surface area is 140 Å². The number of aromatic nitrogens is 1. The van der Waals surface area contributed by atoms with E-state index in [0.717, 1.165) is 43.2 Å². The van der Waals surface area contributed by atoms with Crippen LogP contribution in [0.4, 0.5) is 11.4 Å². The number of morpholine rings is 1. The van der Waals surface area contributed by atoms with Crippen molar-refractivity contribution < 1.29 is 18.8 Å². The van der Waals surface area contributed by atoms with Gasteiger partial charge in [-0.15, -0.1) is 0 Å². The normalized spacial score (nSPS) is 14.5. The zero-order chi connectivity index (χ0) is 16.9. The molecule has 2 aromatic rings. The number of ether oxygens (including phenoxy) is 2. The summed E-state index contributed by atoms with van der Waals surface area (Å²) in [5.41, 5.74) is 2.86. The van der Waals surface area contributed by atoms with Crippen molar-refractivity contribution in [1.82, 2.24) is 5.16 Å². The topological polar surface area (TPSA) is 76.8 Å². The Bertz CT molecular complexity index is 708. The lowest BCUT2D eigenvalue weighted by atomic mass is 10.1. The van der Waals surface area contributed by atoms with Gasteiger partial charge < -0.3 is 24.2 Å². The van der Waals surface area contributed by atoms with E-state index < -0.39 is 0 Å². The van der Waals surface area contributed by atoms with E-state index in [1.54, 1.807) is 0 Å². The summed E-state index contributed by atoms with van der Waals surface area (Å²) < 4.78 is 15.6. The number of carbonyl (C=O) groups excluding carboxylic acids is 1. The van der Waals surface area contributed by atoms with Crippen molar-refractivity contribution in [3.8, 4) is 5.88 Å². The van der Waals surface area contributed by atoms with E-state index in [9.17, 15) is 4.79 Å². The van der Waals surface area contributed by atoms with Gasteiger partial charge in [-0.3, -0.25) is 4.79 Å². The van der Waals surface area contributed by atoms with Crippen LogP contribution in [0.15, 0.2) is 28.8 Å². The summed E-state index contributed by atoms with van der Waals surface area (Å²) in [6.07, 6.45) is 0. The second-order valence-corrected chi connectivity index (χ2v) is 5.52. The average molecular weight is 331 g/mol. The van der Waals surface area contributed by atoms with Gasteiger partial charge in [0.15, 0.2) is 0 Å². The van der Waals surface area contributed by atoms with Gasteiger partial charge in [0, 0.05) is 24.5 Å². The van der Waals surface area contributed by atoms with Crippen LogP contribution in [0.25, 0.3) is 0 Å². The molecule has 1 N–H and O–H groups in total. The minimum atomic E-state index is -0.351. The molecule has 2 heterocycles. The maximum Gasteiger partial charge on any atom is 0.294 e. The Morgan fingerprint density at radius 2 is 2.12 bits per heavy atom. The molecule has 1 aliphatic heterocycles. The fourth-order valence-electron chi connectivity index (χ4n) is 2.57. The average Bonchev–Trinajstić information content (AvgIpc) is 3.06. The summed E-state index contributed by atoms with van der Waals surface area (Å²) in [5, 5.41) is 6.53. The van der Waals surface area contributed by atoms with Crippen molar-refractivity contribution in [2.24, 2.45) is 0 Å². The lowest BCUT2D eigenvalue weighted by molar-refractivity contribution is 0.0987. The second kappa shape index (κ2) is 7.35. The minimum Gasteiger partial charge on any atom is -0.476 e. The van der Waals surface area contributed by atoms with E-state index in [2.05, 4.69) is 21.4 Å². The van der Waals surface area contributed by atoms with E-state index in [4.69, 9.17) is 14.0 Å². The molecule has 24 heavy (non-hydrogen) atoms. The van der Waals surface area contributed by atoms with Crippen molar-refractivity contribution in [2.45, 2.75) is 13.8 Å². The number of amides is 1. The smallest absolute Gasteiger partial charge is 0.294 e. The van der Waals surface area contributed by atoms with Crippen molar-refractivity contribution in [2.75, 3.05) is 43.1 Å². The van der Waals surface area contributed by atoms with Gasteiger partial charge in [-0.1, -0.05) is 0 Å². The number of aryl methyl sites for hydroxylation is 1. The highest BCUT2D eigenvalue weighted by Crippen LogP contribution is 2.24. The zero-order valence-electron chi connectivity index (χ0n) is 13.9. The Kier molecular flexibility index (Phi) is 5.00. The molecular formula is C17H21N3O4. The van der Waals surface area contributed by atoms with Gasteiger partial charge in [0.05, 0.1) is 25.9 Å². The SMILES string of the molecule is CCOc1cc(C(=O)Nc2ccc(N3CCOCC3)cc2C)on1. The lowest BCUT2D eigenvalue weighted by Crippen LogP contribution is -2.36. The summed E-state index contributed by atoms with van der Waals surface area (Å²) in [4.78, 5) is 14.5. The predicted octanol–water partition coefficient (Wildman–Crippen LogP) is 2.47. The first-order valence-corrected chi connectivity index (χ1v) is 8.01. The molecule has 0 aliphatic carbocycles. The summed E-state index contributed by atoms with van der Waals surface area (Å²) in [5.74, 6) is 0.0767. The molecule has 0 radical (unpaired) electrons. The van der Waals surface area contributed by atoms with Crippen molar-refractivity contribution in [1.29, 1.82) is 0 Å². The van der Waals surface area contributed by atoms with Crippen LogP contribution in [-0.2, 0) is 4.74 Å². The van der Waals surface area contributed by atoms with Crippen LogP contribution < -0.4 is 15.0 Å². The largest absolute Gasteiger partial charge is 0.476 e. The van der Waals surface area contributed by atoms with E-state index in [-0.39, 0.29) is 11.7 Å². The molecule has 7 heteroatoms. The van der Waals surface area contributed by atoms with Gasteiger partial charge in [0.1, 0.15) is 0 Å². The number of anilines is 2. The first kappa shape index (κ1) is 16.3. The fourth-order valence-corrected chi connectivity index (χ4v) is 2.57. The third-order valence-corrected chi connectivity index (χ3v) is 3.84. The number of hydrogen-bond donors (Lipinski definition) is 1. The molecule has 1 saturated heterocycles. The fraction of sp³-hybridized carbons (Fsp3) is 0.412. The Balaban J connectivity index is 1.68. The molecular weight excluding hydrogens is 310 g/mol. The van der Waals surface area contributed by atoms with Crippen molar-refractivity contribution in [3.63, 3.8) is 0 Å². The molecule has 1 aromatic carbocycles. The van der Waals surface area contributed by atoms with Crippen LogP contribution in [0.1, 0.15) is 23.0 Å². The highest BCUT2D eigenvalue weighted by atomic mass is 16.5. The summed E-state index contributed by atoms with van der Waals surface area (Å²) in [6.45, 7) is 7.51. The van der Waals surface area contributed by atoms with Crippen LogP contribution in [0.2, 0.25) is 0 Å². The first-order chi connectivity index (χ1) is 11.7. The number of nitrogens with one attached hydrogen (secondary N) is 1. The first-order valence-electron chi connectivity index (χ1n) is 8.01. The Hall–Kier alpha value is -2.54. The second-order valence-electron chi connectivity index (χ2n) is 5.52.